The third-order valence-electron chi connectivity index (χ3n) is 1.13. The quantitative estimate of drug-likeness (QED) is 0.448. The van der Waals surface area contributed by atoms with Gasteiger partial charge in [-0.15, -0.1) is 0 Å². The van der Waals surface area contributed by atoms with E-state index in [2.05, 4.69) is 0 Å². The molecule has 0 aromatic carbocycles. The summed E-state index contributed by atoms with van der Waals surface area (Å²) in [7, 11) is 0. The zero-order chi connectivity index (χ0) is 10.8. The van der Waals surface area contributed by atoms with Crippen LogP contribution in [0.2, 0.25) is 0 Å². The molecule has 0 fully saturated rings. The highest BCUT2D eigenvalue weighted by atomic mass is 19.4. The Morgan fingerprint density at radius 3 is 1.38 bits per heavy atom. The molecule has 6 heteroatoms. The Labute approximate surface area is 70.5 Å². The second kappa shape index (κ2) is 3.85. The van der Waals surface area contributed by atoms with E-state index in [4.69, 9.17) is 0 Å². The minimum atomic E-state index is -5.36. The molecule has 0 saturated carbocycles. The van der Waals surface area contributed by atoms with E-state index in [1.807, 2.05) is 0 Å². The van der Waals surface area contributed by atoms with Crippen LogP contribution in [-0.2, 0) is 0 Å². The fourth-order valence-electron chi connectivity index (χ4n) is 0.565. The van der Waals surface area contributed by atoms with Gasteiger partial charge in [-0.05, 0) is 19.4 Å². The predicted octanol–water partition coefficient (Wildman–Crippen LogP) is 3.96. The SMILES string of the molecule is CC(C)=C(F)C(=C(F)F)C(F)(F)F. The van der Waals surface area contributed by atoms with Crippen LogP contribution in [0.25, 0.3) is 0 Å². The minimum absolute atomic E-state index is 0.444. The summed E-state index contributed by atoms with van der Waals surface area (Å²) >= 11 is 0. The lowest BCUT2D eigenvalue weighted by Gasteiger charge is -2.09. The van der Waals surface area contributed by atoms with Crippen LogP contribution in [0.1, 0.15) is 13.8 Å². The van der Waals surface area contributed by atoms with E-state index < -0.39 is 29.2 Å². The maximum Gasteiger partial charge on any atom is 0.424 e. The third-order valence-corrected chi connectivity index (χ3v) is 1.13. The van der Waals surface area contributed by atoms with E-state index in [0.717, 1.165) is 13.8 Å². The van der Waals surface area contributed by atoms with Gasteiger partial charge in [-0.1, -0.05) is 0 Å². The fraction of sp³-hybridized carbons (Fsp3) is 0.429. The maximum atomic E-state index is 12.6. The monoisotopic (exact) mass is 204 g/mol. The van der Waals surface area contributed by atoms with Crippen LogP contribution in [0.3, 0.4) is 0 Å². The van der Waals surface area contributed by atoms with Crippen molar-refractivity contribution in [3.63, 3.8) is 0 Å². The molecule has 0 N–H and O–H groups in total. The highest BCUT2D eigenvalue weighted by Crippen LogP contribution is 2.36. The molecule has 0 aliphatic heterocycles. The largest absolute Gasteiger partial charge is 0.424 e. The number of hydrogen-bond donors (Lipinski definition) is 0. The molecule has 0 aromatic rings. The van der Waals surface area contributed by atoms with Crippen LogP contribution in [0.4, 0.5) is 26.3 Å². The van der Waals surface area contributed by atoms with E-state index in [9.17, 15) is 26.3 Å². The highest BCUT2D eigenvalue weighted by molar-refractivity contribution is 5.32. The van der Waals surface area contributed by atoms with Gasteiger partial charge in [0.2, 0.25) is 0 Å². The molecule has 0 rings (SSSR count). The van der Waals surface area contributed by atoms with Crippen molar-refractivity contribution < 1.29 is 26.3 Å². The van der Waals surface area contributed by atoms with Crippen LogP contribution < -0.4 is 0 Å². The molecule has 13 heavy (non-hydrogen) atoms. The molecule has 0 spiro atoms. The number of halogens is 6. The van der Waals surface area contributed by atoms with E-state index in [1.54, 1.807) is 0 Å². The van der Waals surface area contributed by atoms with E-state index in [0.29, 0.717) is 0 Å². The standard InChI is InChI=1S/C7H6F6/c1-3(2)5(8)4(6(9)10)7(11,12)13/h1-2H3. The number of rotatable bonds is 1. The Morgan fingerprint density at radius 2 is 1.31 bits per heavy atom. The molecular formula is C7H6F6. The fourth-order valence-corrected chi connectivity index (χ4v) is 0.565. The lowest BCUT2D eigenvalue weighted by atomic mass is 10.2. The molecule has 0 saturated heterocycles. The van der Waals surface area contributed by atoms with E-state index >= 15 is 0 Å². The Balaban J connectivity index is 5.37. The first-order valence-corrected chi connectivity index (χ1v) is 3.13. The van der Waals surface area contributed by atoms with Crippen molar-refractivity contribution in [1.29, 1.82) is 0 Å². The van der Waals surface area contributed by atoms with Crippen LogP contribution in [-0.4, -0.2) is 6.18 Å². The van der Waals surface area contributed by atoms with Gasteiger partial charge in [-0.3, -0.25) is 0 Å². The van der Waals surface area contributed by atoms with Crippen molar-refractivity contribution in [2.24, 2.45) is 0 Å². The lowest BCUT2D eigenvalue weighted by molar-refractivity contribution is -0.0946. The molecule has 0 amide bonds. The average molecular weight is 204 g/mol. The van der Waals surface area contributed by atoms with Gasteiger partial charge in [0.05, 0.1) is 0 Å². The Kier molecular flexibility index (Phi) is 3.57. The Hall–Kier alpha value is -0.940. The van der Waals surface area contributed by atoms with Gasteiger partial charge in [0, 0.05) is 0 Å². The maximum absolute atomic E-state index is 12.6. The van der Waals surface area contributed by atoms with Gasteiger partial charge < -0.3 is 0 Å². The molecule has 76 valence electrons. The second-order valence-corrected chi connectivity index (χ2v) is 2.45. The van der Waals surface area contributed by atoms with Crippen LogP contribution in [0, 0.1) is 0 Å². The van der Waals surface area contributed by atoms with Gasteiger partial charge in [-0.25, -0.2) is 4.39 Å². The zero-order valence-electron chi connectivity index (χ0n) is 6.77. The summed E-state index contributed by atoms with van der Waals surface area (Å²) < 4.78 is 71.2. The third kappa shape index (κ3) is 3.12. The Morgan fingerprint density at radius 1 is 0.923 bits per heavy atom. The van der Waals surface area contributed by atoms with Crippen LogP contribution in [0.5, 0.6) is 0 Å². The first-order chi connectivity index (χ1) is 5.68. The van der Waals surface area contributed by atoms with Gasteiger partial charge in [-0.2, -0.15) is 22.0 Å². The van der Waals surface area contributed by atoms with Gasteiger partial charge in [0.25, 0.3) is 6.08 Å². The number of hydrogen-bond acceptors (Lipinski definition) is 0. The van der Waals surface area contributed by atoms with Crippen LogP contribution >= 0.6 is 0 Å². The lowest BCUT2D eigenvalue weighted by Crippen LogP contribution is -2.14. The summed E-state index contributed by atoms with van der Waals surface area (Å²) in [6, 6.07) is 0. The molecule has 0 radical (unpaired) electrons. The van der Waals surface area contributed by atoms with Crippen molar-refractivity contribution in [3.8, 4) is 0 Å². The van der Waals surface area contributed by atoms with Crippen molar-refractivity contribution in [3.05, 3.63) is 23.1 Å². The normalized spacial score (nSPS) is 11.1. The first kappa shape index (κ1) is 12.1. The smallest absolute Gasteiger partial charge is 0.206 e. The molecule has 0 nitrogen and oxygen atoms in total. The van der Waals surface area contributed by atoms with Crippen molar-refractivity contribution in [1.82, 2.24) is 0 Å². The zero-order valence-corrected chi connectivity index (χ0v) is 6.77. The average Bonchev–Trinajstić information content (AvgIpc) is 1.82. The summed E-state index contributed by atoms with van der Waals surface area (Å²) in [5.41, 5.74) is -2.94. The second-order valence-electron chi connectivity index (χ2n) is 2.45. The van der Waals surface area contributed by atoms with Crippen molar-refractivity contribution in [2.75, 3.05) is 0 Å². The number of alkyl halides is 3. The Bertz CT molecular complexity index is 249. The molecule has 0 atom stereocenters. The van der Waals surface area contributed by atoms with Crippen LogP contribution in [0.15, 0.2) is 23.1 Å². The summed E-state index contributed by atoms with van der Waals surface area (Å²) in [5.74, 6) is -1.92. The molecule has 0 aliphatic rings. The molecule has 0 aromatic heterocycles. The summed E-state index contributed by atoms with van der Waals surface area (Å²) in [6.45, 7) is 1.95. The molecular weight excluding hydrogens is 198 g/mol. The first-order valence-electron chi connectivity index (χ1n) is 3.13. The van der Waals surface area contributed by atoms with E-state index in [-0.39, 0.29) is 0 Å². The summed E-state index contributed by atoms with van der Waals surface area (Å²) in [4.78, 5) is 0. The van der Waals surface area contributed by atoms with Gasteiger partial charge in [0.1, 0.15) is 5.83 Å². The topological polar surface area (TPSA) is 0 Å². The minimum Gasteiger partial charge on any atom is -0.206 e. The molecule has 0 unspecified atom stereocenters. The highest BCUT2D eigenvalue weighted by Gasteiger charge is 2.41. The summed E-state index contributed by atoms with van der Waals surface area (Å²) in [5, 5.41) is 0. The summed E-state index contributed by atoms with van der Waals surface area (Å²) in [6.07, 6.45) is -8.42. The molecule has 0 heterocycles. The molecule has 0 aliphatic carbocycles. The van der Waals surface area contributed by atoms with Gasteiger partial charge in [0.15, 0.2) is 5.57 Å². The molecule has 0 bridgehead atoms. The predicted molar refractivity (Wildman–Crippen MR) is 34.8 cm³/mol. The van der Waals surface area contributed by atoms with Crippen molar-refractivity contribution >= 4 is 0 Å². The van der Waals surface area contributed by atoms with Crippen molar-refractivity contribution in [2.45, 2.75) is 20.0 Å². The van der Waals surface area contributed by atoms with Gasteiger partial charge >= 0.3 is 6.18 Å². The number of allylic oxidation sites excluding steroid dienone is 3. The van der Waals surface area contributed by atoms with E-state index in [1.165, 1.54) is 0 Å².